The van der Waals surface area contributed by atoms with Crippen molar-refractivity contribution in [3.8, 4) is 28.7 Å². The standard InChI is InChI=1S/C21H16F4N6O3/c1-31-16(10-33-18-3-2-13(8-27-18)21(23,24)25)15(9-28-31)20-29-19(30-34-20)12-4-11(6-17(26)32)5-14(22)7-12/h2-5,7-9H,6,10H2,1H3,(H2,26,32). The van der Waals surface area contributed by atoms with E-state index in [-0.39, 0.29) is 36.2 Å². The minimum absolute atomic E-state index is 0.0203. The molecule has 0 aliphatic carbocycles. The third kappa shape index (κ3) is 5.03. The number of rotatable bonds is 7. The molecule has 34 heavy (non-hydrogen) atoms. The Bertz CT molecular complexity index is 1330. The van der Waals surface area contributed by atoms with Crippen molar-refractivity contribution in [3.05, 3.63) is 65.4 Å². The summed E-state index contributed by atoms with van der Waals surface area (Å²) in [5.41, 5.74) is 5.80. The van der Waals surface area contributed by atoms with Gasteiger partial charge >= 0.3 is 6.18 Å². The van der Waals surface area contributed by atoms with Crippen LogP contribution in [0.4, 0.5) is 17.6 Å². The molecule has 0 fully saturated rings. The van der Waals surface area contributed by atoms with Crippen molar-refractivity contribution in [2.24, 2.45) is 12.8 Å². The first-order chi connectivity index (χ1) is 16.1. The van der Waals surface area contributed by atoms with E-state index in [0.717, 1.165) is 12.1 Å². The lowest BCUT2D eigenvalue weighted by molar-refractivity contribution is -0.137. The van der Waals surface area contributed by atoms with Crippen LogP contribution in [0.3, 0.4) is 0 Å². The van der Waals surface area contributed by atoms with Crippen molar-refractivity contribution >= 4 is 5.91 Å². The number of amides is 1. The zero-order valence-corrected chi connectivity index (χ0v) is 17.5. The SMILES string of the molecule is Cn1ncc(-c2nc(-c3cc(F)cc(CC(N)=O)c3)no2)c1COc1ccc(C(F)(F)F)cn1. The predicted octanol–water partition coefficient (Wildman–Crippen LogP) is 3.30. The molecule has 0 aliphatic heterocycles. The zero-order valence-electron chi connectivity index (χ0n) is 17.5. The smallest absolute Gasteiger partial charge is 0.417 e. The fourth-order valence-corrected chi connectivity index (χ4v) is 3.12. The van der Waals surface area contributed by atoms with E-state index in [9.17, 15) is 22.4 Å². The zero-order chi connectivity index (χ0) is 24.5. The molecular formula is C21H16F4N6O3. The van der Waals surface area contributed by atoms with Gasteiger partial charge in [-0.2, -0.15) is 23.3 Å². The predicted molar refractivity (Wildman–Crippen MR) is 108 cm³/mol. The van der Waals surface area contributed by atoms with Crippen LogP contribution in [0.5, 0.6) is 5.88 Å². The molecule has 0 saturated heterocycles. The Morgan fingerprint density at radius 3 is 2.68 bits per heavy atom. The fourth-order valence-electron chi connectivity index (χ4n) is 3.12. The van der Waals surface area contributed by atoms with Crippen LogP contribution >= 0.6 is 0 Å². The Morgan fingerprint density at radius 1 is 1.21 bits per heavy atom. The highest BCUT2D eigenvalue weighted by Crippen LogP contribution is 2.30. The van der Waals surface area contributed by atoms with E-state index >= 15 is 0 Å². The van der Waals surface area contributed by atoms with Gasteiger partial charge in [-0.1, -0.05) is 5.16 Å². The Balaban J connectivity index is 1.55. The molecule has 3 heterocycles. The lowest BCUT2D eigenvalue weighted by Gasteiger charge is -2.09. The van der Waals surface area contributed by atoms with Crippen molar-refractivity contribution in [1.82, 2.24) is 24.9 Å². The normalized spacial score (nSPS) is 11.6. The Kier molecular flexibility index (Phi) is 6.01. The maximum atomic E-state index is 14.0. The molecule has 0 spiro atoms. The van der Waals surface area contributed by atoms with Crippen LogP contribution in [0.25, 0.3) is 22.8 Å². The summed E-state index contributed by atoms with van der Waals surface area (Å²) in [5.74, 6) is -1.11. The monoisotopic (exact) mass is 476 g/mol. The third-order valence-corrected chi connectivity index (χ3v) is 4.73. The van der Waals surface area contributed by atoms with Gasteiger partial charge in [0.25, 0.3) is 5.89 Å². The minimum Gasteiger partial charge on any atom is -0.471 e. The Hall–Kier alpha value is -4.29. The second kappa shape index (κ2) is 8.92. The maximum absolute atomic E-state index is 14.0. The van der Waals surface area contributed by atoms with Crippen LogP contribution < -0.4 is 10.5 Å². The quantitative estimate of drug-likeness (QED) is 0.406. The molecule has 0 unspecified atom stereocenters. The molecule has 0 atom stereocenters. The molecule has 0 radical (unpaired) electrons. The molecule has 3 aromatic heterocycles. The number of ether oxygens (including phenoxy) is 1. The number of nitrogens with zero attached hydrogens (tertiary/aromatic N) is 5. The molecule has 1 aromatic carbocycles. The Morgan fingerprint density at radius 2 is 2.00 bits per heavy atom. The number of aryl methyl sites for hydroxylation is 1. The van der Waals surface area contributed by atoms with Gasteiger partial charge in [0, 0.05) is 24.9 Å². The molecule has 176 valence electrons. The molecule has 4 aromatic rings. The van der Waals surface area contributed by atoms with E-state index in [1.807, 2.05) is 0 Å². The summed E-state index contributed by atoms with van der Waals surface area (Å²) in [5, 5.41) is 7.98. The van der Waals surface area contributed by atoms with Crippen LogP contribution in [0, 0.1) is 5.82 Å². The first-order valence-electron chi connectivity index (χ1n) is 9.69. The number of carbonyl (C=O) groups excluding carboxylic acids is 1. The molecule has 9 nitrogen and oxygen atoms in total. The number of nitrogens with two attached hydrogens (primary N) is 1. The molecule has 0 aliphatic rings. The molecule has 2 N–H and O–H groups in total. The molecule has 0 saturated carbocycles. The number of hydrogen-bond donors (Lipinski definition) is 1. The first kappa shape index (κ1) is 22.9. The number of alkyl halides is 3. The van der Waals surface area contributed by atoms with Crippen LogP contribution in [0.2, 0.25) is 0 Å². The fraction of sp³-hybridized carbons (Fsp3) is 0.190. The summed E-state index contributed by atoms with van der Waals surface area (Å²) in [4.78, 5) is 19.1. The van der Waals surface area contributed by atoms with Crippen LogP contribution in [0.15, 0.2) is 47.2 Å². The third-order valence-electron chi connectivity index (χ3n) is 4.73. The first-order valence-corrected chi connectivity index (χ1v) is 9.69. The van der Waals surface area contributed by atoms with E-state index < -0.39 is 23.5 Å². The summed E-state index contributed by atoms with van der Waals surface area (Å²) >= 11 is 0. The number of halogens is 4. The van der Waals surface area contributed by atoms with Gasteiger partial charge in [-0.15, -0.1) is 0 Å². The average Bonchev–Trinajstić information content (AvgIpc) is 3.38. The molecule has 0 bridgehead atoms. The van der Waals surface area contributed by atoms with E-state index in [0.29, 0.717) is 23.0 Å². The van der Waals surface area contributed by atoms with Crippen LogP contribution in [-0.2, 0) is 31.0 Å². The van der Waals surface area contributed by atoms with Gasteiger partial charge in [0.15, 0.2) is 0 Å². The summed E-state index contributed by atoms with van der Waals surface area (Å²) in [6.07, 6.45) is -2.54. The molecule has 13 heteroatoms. The average molecular weight is 476 g/mol. The van der Waals surface area contributed by atoms with Crippen LogP contribution in [0.1, 0.15) is 16.8 Å². The lowest BCUT2D eigenvalue weighted by Crippen LogP contribution is -2.13. The van der Waals surface area contributed by atoms with Crippen LogP contribution in [-0.4, -0.2) is 30.8 Å². The van der Waals surface area contributed by atoms with Gasteiger partial charge in [-0.3, -0.25) is 9.48 Å². The number of pyridine rings is 1. The van der Waals surface area contributed by atoms with Gasteiger partial charge in [0.1, 0.15) is 12.4 Å². The second-order valence-corrected chi connectivity index (χ2v) is 7.21. The van der Waals surface area contributed by atoms with Gasteiger partial charge in [-0.25, -0.2) is 9.37 Å². The van der Waals surface area contributed by atoms with Crippen molar-refractivity contribution in [3.63, 3.8) is 0 Å². The van der Waals surface area contributed by atoms with Crippen molar-refractivity contribution < 1.29 is 31.6 Å². The van der Waals surface area contributed by atoms with E-state index in [2.05, 4.69) is 20.2 Å². The number of primary amides is 1. The number of benzene rings is 1. The summed E-state index contributed by atoms with van der Waals surface area (Å²) in [7, 11) is 1.63. The van der Waals surface area contributed by atoms with Gasteiger partial charge in [0.2, 0.25) is 17.6 Å². The number of aromatic nitrogens is 5. The largest absolute Gasteiger partial charge is 0.471 e. The van der Waals surface area contributed by atoms with Gasteiger partial charge in [-0.05, 0) is 29.8 Å². The number of carbonyl (C=O) groups is 1. The Labute approximate surface area is 189 Å². The second-order valence-electron chi connectivity index (χ2n) is 7.21. The topological polar surface area (TPSA) is 122 Å². The van der Waals surface area contributed by atoms with Crippen molar-refractivity contribution in [2.45, 2.75) is 19.2 Å². The van der Waals surface area contributed by atoms with Crippen molar-refractivity contribution in [2.75, 3.05) is 0 Å². The highest BCUT2D eigenvalue weighted by molar-refractivity contribution is 5.77. The number of hydrogen-bond acceptors (Lipinski definition) is 7. The highest BCUT2D eigenvalue weighted by atomic mass is 19.4. The maximum Gasteiger partial charge on any atom is 0.417 e. The molecular weight excluding hydrogens is 460 g/mol. The van der Waals surface area contributed by atoms with E-state index in [1.54, 1.807) is 7.05 Å². The molecule has 1 amide bonds. The van der Waals surface area contributed by atoms with Gasteiger partial charge in [0.05, 0.1) is 29.4 Å². The summed E-state index contributed by atoms with van der Waals surface area (Å²) in [6, 6.07) is 5.86. The minimum atomic E-state index is -4.50. The summed E-state index contributed by atoms with van der Waals surface area (Å²) < 4.78 is 64.3. The van der Waals surface area contributed by atoms with E-state index in [1.165, 1.54) is 29.1 Å². The van der Waals surface area contributed by atoms with Gasteiger partial charge < -0.3 is 15.0 Å². The lowest BCUT2D eigenvalue weighted by atomic mass is 10.1. The summed E-state index contributed by atoms with van der Waals surface area (Å²) in [6.45, 7) is -0.107. The van der Waals surface area contributed by atoms with E-state index in [4.69, 9.17) is 15.0 Å². The highest BCUT2D eigenvalue weighted by Gasteiger charge is 2.30. The van der Waals surface area contributed by atoms with Crippen molar-refractivity contribution in [1.29, 1.82) is 0 Å². The molecule has 4 rings (SSSR count).